The minimum absolute atomic E-state index is 0.0333. The van der Waals surface area contributed by atoms with Gasteiger partial charge in [0, 0.05) is 30.1 Å². The van der Waals surface area contributed by atoms with Crippen molar-refractivity contribution in [3.63, 3.8) is 0 Å². The molecule has 5 rings (SSSR count). The lowest BCUT2D eigenvalue weighted by Gasteiger charge is -2.10. The fourth-order valence-electron chi connectivity index (χ4n) is 3.37. The Bertz CT molecular complexity index is 951. The molecule has 3 aromatic heterocycles. The fraction of sp³-hybridized carbons (Fsp3) is 0.316. The van der Waals surface area contributed by atoms with Crippen LogP contribution in [0.15, 0.2) is 36.8 Å². The van der Waals surface area contributed by atoms with Crippen LogP contribution in [0.5, 0.6) is 0 Å². The van der Waals surface area contributed by atoms with Crippen LogP contribution in [0.4, 0.5) is 10.1 Å². The Hall–Kier alpha value is -2.56. The molecule has 0 amide bonds. The minimum atomic E-state index is -0.746. The minimum Gasteiger partial charge on any atom is -0.397 e. The standard InChI is InChI=1S/C19H17FN4/c20-15-6-13(15)11-5-18-19(23-8-11)16(21)7-17(24-18)14-9-22-4-3-12(14)10-1-2-10/h3-5,7-10,13,15H,1-2,6H2,(H2,21,24). The number of aromatic nitrogens is 3. The van der Waals surface area contributed by atoms with Crippen molar-refractivity contribution in [1.29, 1.82) is 0 Å². The van der Waals surface area contributed by atoms with E-state index in [1.165, 1.54) is 18.4 Å². The summed E-state index contributed by atoms with van der Waals surface area (Å²) < 4.78 is 13.4. The van der Waals surface area contributed by atoms with Crippen LogP contribution in [-0.2, 0) is 0 Å². The normalized spacial score (nSPS) is 22.7. The van der Waals surface area contributed by atoms with Gasteiger partial charge < -0.3 is 5.73 Å². The Balaban J connectivity index is 1.66. The van der Waals surface area contributed by atoms with Gasteiger partial charge in [0.25, 0.3) is 0 Å². The zero-order valence-electron chi connectivity index (χ0n) is 13.1. The molecule has 24 heavy (non-hydrogen) atoms. The number of nitrogens with zero attached hydrogens (tertiary/aromatic N) is 3. The lowest BCUT2D eigenvalue weighted by Crippen LogP contribution is -1.98. The van der Waals surface area contributed by atoms with Gasteiger partial charge in [-0.15, -0.1) is 0 Å². The van der Waals surface area contributed by atoms with Gasteiger partial charge in [0.15, 0.2) is 0 Å². The van der Waals surface area contributed by atoms with E-state index in [-0.39, 0.29) is 5.92 Å². The fourth-order valence-corrected chi connectivity index (χ4v) is 3.37. The van der Waals surface area contributed by atoms with E-state index in [9.17, 15) is 4.39 Å². The van der Waals surface area contributed by atoms with Crippen molar-refractivity contribution in [2.24, 2.45) is 0 Å². The number of pyridine rings is 3. The van der Waals surface area contributed by atoms with Crippen LogP contribution in [0.2, 0.25) is 0 Å². The van der Waals surface area contributed by atoms with E-state index >= 15 is 0 Å². The summed E-state index contributed by atoms with van der Waals surface area (Å²) >= 11 is 0. The molecule has 0 spiro atoms. The number of alkyl halides is 1. The highest BCUT2D eigenvalue weighted by Gasteiger charge is 2.39. The highest BCUT2D eigenvalue weighted by Crippen LogP contribution is 2.45. The maximum Gasteiger partial charge on any atom is 0.112 e. The molecule has 2 fully saturated rings. The molecule has 2 aliphatic carbocycles. The molecule has 3 heterocycles. The van der Waals surface area contributed by atoms with E-state index in [2.05, 4.69) is 16.0 Å². The summed E-state index contributed by atoms with van der Waals surface area (Å²) in [7, 11) is 0. The molecule has 4 nitrogen and oxygen atoms in total. The van der Waals surface area contributed by atoms with E-state index in [4.69, 9.17) is 10.7 Å². The molecular formula is C19H17FN4. The van der Waals surface area contributed by atoms with E-state index in [1.807, 2.05) is 24.5 Å². The first-order valence-corrected chi connectivity index (χ1v) is 8.35. The van der Waals surface area contributed by atoms with Gasteiger partial charge in [-0.1, -0.05) is 0 Å². The highest BCUT2D eigenvalue weighted by molar-refractivity contribution is 5.90. The Kier molecular flexibility index (Phi) is 2.86. The quantitative estimate of drug-likeness (QED) is 0.793. The monoisotopic (exact) mass is 320 g/mol. The van der Waals surface area contributed by atoms with Gasteiger partial charge in [-0.25, -0.2) is 9.37 Å². The van der Waals surface area contributed by atoms with Gasteiger partial charge in [0.05, 0.1) is 16.9 Å². The van der Waals surface area contributed by atoms with Crippen LogP contribution in [0.3, 0.4) is 0 Å². The van der Waals surface area contributed by atoms with Crippen LogP contribution in [0.25, 0.3) is 22.3 Å². The number of hydrogen-bond acceptors (Lipinski definition) is 4. The molecule has 2 unspecified atom stereocenters. The number of hydrogen-bond donors (Lipinski definition) is 1. The molecule has 5 heteroatoms. The SMILES string of the molecule is Nc1cc(-c2cnccc2C2CC2)nc2cc(C3CC3F)cnc12. The molecule has 3 aromatic rings. The maximum absolute atomic E-state index is 13.4. The number of rotatable bonds is 3. The molecule has 0 radical (unpaired) electrons. The maximum atomic E-state index is 13.4. The number of nitrogens with two attached hydrogens (primary N) is 1. The lowest BCUT2D eigenvalue weighted by molar-refractivity contribution is 0.468. The largest absolute Gasteiger partial charge is 0.397 e. The number of halogens is 1. The van der Waals surface area contributed by atoms with Crippen LogP contribution in [-0.4, -0.2) is 21.1 Å². The summed E-state index contributed by atoms with van der Waals surface area (Å²) in [6.45, 7) is 0. The van der Waals surface area contributed by atoms with Crippen LogP contribution < -0.4 is 5.73 Å². The van der Waals surface area contributed by atoms with Crippen molar-refractivity contribution in [2.75, 3.05) is 5.73 Å². The van der Waals surface area contributed by atoms with Crippen molar-refractivity contribution >= 4 is 16.7 Å². The molecule has 0 saturated heterocycles. The van der Waals surface area contributed by atoms with E-state index in [1.54, 1.807) is 6.20 Å². The van der Waals surface area contributed by atoms with Crippen LogP contribution in [0.1, 0.15) is 42.2 Å². The van der Waals surface area contributed by atoms with E-state index in [0.29, 0.717) is 23.5 Å². The molecule has 2 aliphatic rings. The van der Waals surface area contributed by atoms with Crippen molar-refractivity contribution in [3.05, 3.63) is 47.9 Å². The third kappa shape index (κ3) is 2.23. The second-order valence-corrected chi connectivity index (χ2v) is 6.83. The summed E-state index contributed by atoms with van der Waals surface area (Å²) in [6.07, 6.45) is 7.68. The Morgan fingerprint density at radius 1 is 1.17 bits per heavy atom. The molecule has 120 valence electrons. The Morgan fingerprint density at radius 2 is 2.00 bits per heavy atom. The summed E-state index contributed by atoms with van der Waals surface area (Å²) in [5.41, 5.74) is 12.3. The van der Waals surface area contributed by atoms with Crippen molar-refractivity contribution in [2.45, 2.75) is 37.3 Å². The summed E-state index contributed by atoms with van der Waals surface area (Å²) in [6, 6.07) is 5.87. The highest BCUT2D eigenvalue weighted by atomic mass is 19.1. The smallest absolute Gasteiger partial charge is 0.112 e. The number of anilines is 1. The van der Waals surface area contributed by atoms with Crippen LogP contribution in [0, 0.1) is 0 Å². The molecule has 0 bridgehead atoms. The third-order valence-electron chi connectivity index (χ3n) is 4.98. The van der Waals surface area contributed by atoms with Gasteiger partial charge in [0.2, 0.25) is 0 Å². The van der Waals surface area contributed by atoms with E-state index < -0.39 is 6.17 Å². The first-order valence-electron chi connectivity index (χ1n) is 8.35. The number of nitrogen functional groups attached to an aromatic ring is 1. The zero-order chi connectivity index (χ0) is 16.3. The Labute approximate surface area is 139 Å². The first-order chi connectivity index (χ1) is 11.7. The molecule has 2 N–H and O–H groups in total. The van der Waals surface area contributed by atoms with Gasteiger partial charge in [-0.3, -0.25) is 9.97 Å². The van der Waals surface area contributed by atoms with Gasteiger partial charge in [-0.2, -0.15) is 0 Å². The van der Waals surface area contributed by atoms with Crippen molar-refractivity contribution in [1.82, 2.24) is 15.0 Å². The predicted octanol–water partition coefficient (Wildman–Crippen LogP) is 3.98. The first kappa shape index (κ1) is 13.8. The topological polar surface area (TPSA) is 64.7 Å². The zero-order valence-corrected chi connectivity index (χ0v) is 13.1. The molecule has 0 aliphatic heterocycles. The second kappa shape index (κ2) is 4.97. The number of fused-ring (bicyclic) bond motifs is 1. The second-order valence-electron chi connectivity index (χ2n) is 6.83. The molecule has 2 saturated carbocycles. The van der Waals surface area contributed by atoms with Gasteiger partial charge in [0.1, 0.15) is 11.7 Å². The third-order valence-corrected chi connectivity index (χ3v) is 4.98. The van der Waals surface area contributed by atoms with Crippen molar-refractivity contribution < 1.29 is 4.39 Å². The predicted molar refractivity (Wildman–Crippen MR) is 91.4 cm³/mol. The lowest BCUT2D eigenvalue weighted by atomic mass is 10.0. The summed E-state index contributed by atoms with van der Waals surface area (Å²) in [5, 5.41) is 0. The van der Waals surface area contributed by atoms with Gasteiger partial charge in [-0.05, 0) is 54.5 Å². The van der Waals surface area contributed by atoms with E-state index in [0.717, 1.165) is 22.3 Å². The Morgan fingerprint density at radius 3 is 2.75 bits per heavy atom. The van der Waals surface area contributed by atoms with Crippen molar-refractivity contribution in [3.8, 4) is 11.3 Å². The molecule has 0 aromatic carbocycles. The summed E-state index contributed by atoms with van der Waals surface area (Å²) in [5.74, 6) is 0.568. The molecule has 2 atom stereocenters. The summed E-state index contributed by atoms with van der Waals surface area (Å²) in [4.78, 5) is 13.4. The van der Waals surface area contributed by atoms with Crippen LogP contribution >= 0.6 is 0 Å². The average Bonchev–Trinajstić information content (AvgIpc) is 3.50. The van der Waals surface area contributed by atoms with Gasteiger partial charge >= 0.3 is 0 Å². The average molecular weight is 320 g/mol. The molecular weight excluding hydrogens is 303 g/mol.